The summed E-state index contributed by atoms with van der Waals surface area (Å²) in [5, 5.41) is 11.7. The fourth-order valence-corrected chi connectivity index (χ4v) is 3.20. The monoisotopic (exact) mass is 290 g/mol. The lowest BCUT2D eigenvalue weighted by Crippen LogP contribution is -2.49. The van der Waals surface area contributed by atoms with Crippen LogP contribution in [-0.2, 0) is 4.79 Å². The van der Waals surface area contributed by atoms with Gasteiger partial charge in [0.2, 0.25) is 0 Å². The summed E-state index contributed by atoms with van der Waals surface area (Å²) in [5.41, 5.74) is -0.880. The first kappa shape index (κ1) is 15.0. The Hall–Kier alpha value is -1.40. The van der Waals surface area contributed by atoms with Crippen molar-refractivity contribution < 1.29 is 23.5 Å². The van der Waals surface area contributed by atoms with Gasteiger partial charge >= 0.3 is 12.0 Å². The summed E-state index contributed by atoms with van der Waals surface area (Å²) >= 11 is 0. The lowest BCUT2D eigenvalue weighted by Gasteiger charge is -2.26. The lowest BCUT2D eigenvalue weighted by molar-refractivity contribution is -0.149. The van der Waals surface area contributed by atoms with Crippen LogP contribution in [0.1, 0.15) is 33.1 Å². The number of likely N-dealkylation sites (tertiary alicyclic amines) is 1. The lowest BCUT2D eigenvalue weighted by atomic mass is 9.81. The van der Waals surface area contributed by atoms with Crippen molar-refractivity contribution in [2.45, 2.75) is 45.1 Å². The molecule has 2 fully saturated rings. The number of nitrogens with one attached hydrogen (secondary N) is 1. The number of nitrogens with zero attached hydrogens (tertiary/aromatic N) is 1. The molecule has 1 unspecified atom stereocenters. The number of halogens is 2. The number of fused-ring (bicyclic) bond motifs is 1. The number of carbonyl (C=O) groups excluding carboxylic acids is 1. The second-order valence-electron chi connectivity index (χ2n) is 6.06. The van der Waals surface area contributed by atoms with Gasteiger partial charge in [0.15, 0.2) is 0 Å². The van der Waals surface area contributed by atoms with Crippen LogP contribution in [0.5, 0.6) is 0 Å². The van der Waals surface area contributed by atoms with Gasteiger partial charge in [-0.1, -0.05) is 6.42 Å². The van der Waals surface area contributed by atoms with E-state index >= 15 is 0 Å². The highest BCUT2D eigenvalue weighted by Gasteiger charge is 2.56. The Morgan fingerprint density at radius 1 is 1.50 bits per heavy atom. The zero-order valence-electron chi connectivity index (χ0n) is 11.7. The SMILES string of the molecule is CC(NC(=O)N1C[C@@H]2CCC[C@@]2(C(=O)O)C1)C(C)(F)F. The van der Waals surface area contributed by atoms with Gasteiger partial charge in [-0.25, -0.2) is 13.6 Å². The molecule has 1 heterocycles. The van der Waals surface area contributed by atoms with Crippen LogP contribution in [0.4, 0.5) is 13.6 Å². The number of amides is 2. The van der Waals surface area contributed by atoms with E-state index in [0.717, 1.165) is 19.8 Å². The average Bonchev–Trinajstić information content (AvgIpc) is 2.83. The minimum Gasteiger partial charge on any atom is -0.481 e. The summed E-state index contributed by atoms with van der Waals surface area (Å²) in [6.07, 6.45) is 2.17. The highest BCUT2D eigenvalue weighted by Crippen LogP contribution is 2.48. The van der Waals surface area contributed by atoms with E-state index in [1.807, 2.05) is 0 Å². The largest absolute Gasteiger partial charge is 0.481 e. The Morgan fingerprint density at radius 3 is 2.65 bits per heavy atom. The molecule has 1 aliphatic carbocycles. The molecule has 0 spiro atoms. The first-order valence-electron chi connectivity index (χ1n) is 6.83. The normalized spacial score (nSPS) is 31.0. The minimum atomic E-state index is -3.00. The molecule has 2 aliphatic rings. The third-order valence-electron chi connectivity index (χ3n) is 4.68. The molecule has 2 amide bonds. The number of carboxylic acids is 1. The van der Waals surface area contributed by atoms with Gasteiger partial charge in [-0.05, 0) is 25.7 Å². The third kappa shape index (κ3) is 2.45. The van der Waals surface area contributed by atoms with Gasteiger partial charge < -0.3 is 15.3 Å². The first-order chi connectivity index (χ1) is 9.17. The minimum absolute atomic E-state index is 0.0665. The molecular formula is C13H20F2N2O3. The number of rotatable bonds is 3. The van der Waals surface area contributed by atoms with E-state index in [0.29, 0.717) is 13.0 Å². The van der Waals surface area contributed by atoms with Gasteiger partial charge in [0, 0.05) is 20.0 Å². The van der Waals surface area contributed by atoms with Crippen molar-refractivity contribution in [1.29, 1.82) is 0 Å². The highest BCUT2D eigenvalue weighted by atomic mass is 19.3. The van der Waals surface area contributed by atoms with E-state index < -0.39 is 29.4 Å². The predicted octanol–water partition coefficient (Wildman–Crippen LogP) is 1.93. The van der Waals surface area contributed by atoms with E-state index in [2.05, 4.69) is 5.32 Å². The summed E-state index contributed by atoms with van der Waals surface area (Å²) < 4.78 is 26.1. The second-order valence-corrected chi connectivity index (χ2v) is 6.06. The van der Waals surface area contributed by atoms with Crippen LogP contribution in [0.25, 0.3) is 0 Å². The van der Waals surface area contributed by atoms with Gasteiger partial charge in [-0.3, -0.25) is 4.79 Å². The smallest absolute Gasteiger partial charge is 0.317 e. The maximum atomic E-state index is 13.1. The predicted molar refractivity (Wildman–Crippen MR) is 67.6 cm³/mol. The number of alkyl halides is 2. The molecular weight excluding hydrogens is 270 g/mol. The molecule has 3 atom stereocenters. The Bertz CT molecular complexity index is 424. The molecule has 1 saturated carbocycles. The maximum Gasteiger partial charge on any atom is 0.317 e. The summed E-state index contributed by atoms with van der Waals surface area (Å²) in [6.45, 7) is 2.43. The summed E-state index contributed by atoms with van der Waals surface area (Å²) in [4.78, 5) is 24.8. The number of carboxylic acid groups (broad SMARTS) is 1. The fraction of sp³-hybridized carbons (Fsp3) is 0.846. The standard InChI is InChI=1S/C13H20F2N2O3/c1-8(12(2,14)15)16-11(20)17-6-9-4-3-5-13(9,7-17)10(18)19/h8-9H,3-7H2,1-2H3,(H,16,20)(H,18,19)/t8?,9-,13+/m0/s1. The molecule has 7 heteroatoms. The quantitative estimate of drug-likeness (QED) is 0.834. The Balaban J connectivity index is 2.03. The number of aliphatic carboxylic acids is 1. The van der Waals surface area contributed by atoms with Crippen LogP contribution in [0.15, 0.2) is 0 Å². The molecule has 0 aromatic rings. The van der Waals surface area contributed by atoms with Crippen LogP contribution in [-0.4, -0.2) is 47.1 Å². The van der Waals surface area contributed by atoms with Gasteiger partial charge in [0.1, 0.15) is 0 Å². The number of urea groups is 1. The molecule has 2 N–H and O–H groups in total. The van der Waals surface area contributed by atoms with Crippen LogP contribution in [0.3, 0.4) is 0 Å². The number of hydrogen-bond acceptors (Lipinski definition) is 2. The molecule has 114 valence electrons. The van der Waals surface area contributed by atoms with E-state index in [9.17, 15) is 23.5 Å². The molecule has 20 heavy (non-hydrogen) atoms. The summed E-state index contributed by atoms with van der Waals surface area (Å²) in [5.74, 6) is -3.96. The first-order valence-corrected chi connectivity index (χ1v) is 6.83. The molecule has 0 aromatic carbocycles. The van der Waals surface area contributed by atoms with Gasteiger partial charge in [-0.15, -0.1) is 0 Å². The van der Waals surface area contributed by atoms with E-state index in [1.165, 1.54) is 11.8 Å². The van der Waals surface area contributed by atoms with Crippen molar-refractivity contribution in [3.8, 4) is 0 Å². The van der Waals surface area contributed by atoms with E-state index in [4.69, 9.17) is 0 Å². The molecule has 5 nitrogen and oxygen atoms in total. The second kappa shape index (κ2) is 4.86. The van der Waals surface area contributed by atoms with Crippen LogP contribution in [0.2, 0.25) is 0 Å². The Kier molecular flexibility index (Phi) is 3.64. The van der Waals surface area contributed by atoms with Gasteiger partial charge in [0.25, 0.3) is 5.92 Å². The molecule has 0 bridgehead atoms. The molecule has 1 saturated heterocycles. The van der Waals surface area contributed by atoms with E-state index in [1.54, 1.807) is 0 Å². The third-order valence-corrected chi connectivity index (χ3v) is 4.68. The Labute approximate surface area is 116 Å². The topological polar surface area (TPSA) is 69.6 Å². The molecule has 0 radical (unpaired) electrons. The van der Waals surface area contributed by atoms with Crippen LogP contribution < -0.4 is 5.32 Å². The fourth-order valence-electron chi connectivity index (χ4n) is 3.20. The van der Waals surface area contributed by atoms with Crippen molar-refractivity contribution in [2.24, 2.45) is 11.3 Å². The Morgan fingerprint density at radius 2 is 2.15 bits per heavy atom. The van der Waals surface area contributed by atoms with Crippen LogP contribution >= 0.6 is 0 Å². The number of hydrogen-bond donors (Lipinski definition) is 2. The van der Waals surface area contributed by atoms with Crippen molar-refractivity contribution >= 4 is 12.0 Å². The van der Waals surface area contributed by atoms with Crippen molar-refractivity contribution in [2.75, 3.05) is 13.1 Å². The van der Waals surface area contributed by atoms with Gasteiger partial charge in [0.05, 0.1) is 11.5 Å². The molecule has 2 rings (SSSR count). The summed E-state index contributed by atoms with van der Waals surface area (Å²) in [6, 6.07) is -1.88. The summed E-state index contributed by atoms with van der Waals surface area (Å²) in [7, 11) is 0. The van der Waals surface area contributed by atoms with Crippen molar-refractivity contribution in [3.05, 3.63) is 0 Å². The van der Waals surface area contributed by atoms with Crippen molar-refractivity contribution in [3.63, 3.8) is 0 Å². The van der Waals surface area contributed by atoms with Crippen LogP contribution in [0, 0.1) is 11.3 Å². The highest BCUT2D eigenvalue weighted by molar-refractivity contribution is 5.80. The zero-order chi connectivity index (χ0) is 15.1. The maximum absolute atomic E-state index is 13.1. The van der Waals surface area contributed by atoms with Crippen molar-refractivity contribution in [1.82, 2.24) is 10.2 Å². The van der Waals surface area contributed by atoms with Gasteiger partial charge in [-0.2, -0.15) is 0 Å². The average molecular weight is 290 g/mol. The number of carbonyl (C=O) groups is 2. The van der Waals surface area contributed by atoms with E-state index in [-0.39, 0.29) is 12.5 Å². The molecule has 1 aliphatic heterocycles. The zero-order valence-corrected chi connectivity index (χ0v) is 11.7. The molecule has 0 aromatic heterocycles.